The van der Waals surface area contributed by atoms with E-state index in [1.54, 1.807) is 18.2 Å². The van der Waals surface area contributed by atoms with Gasteiger partial charge in [-0.1, -0.05) is 6.07 Å². The molecule has 0 aromatic heterocycles. The molecule has 6 heteroatoms. The summed E-state index contributed by atoms with van der Waals surface area (Å²) in [6, 6.07) is 4.20. The minimum absolute atomic E-state index is 0.124. The second kappa shape index (κ2) is 7.97. The van der Waals surface area contributed by atoms with Crippen LogP contribution in [0.25, 0.3) is 0 Å². The average Bonchev–Trinajstić information content (AvgIpc) is 2.96. The standard InChI is InChI=1S/C17H23NO5/c1-11(2)22-8-3-4-15(19)18-16(17(20)21)13-5-6-14-12(10-13)7-9-23-14/h5-6,10-11,16H,3-4,7-9H2,1-2H3,(H,18,19)(H,20,21). The maximum absolute atomic E-state index is 12.0. The van der Waals surface area contributed by atoms with Crippen LogP contribution >= 0.6 is 0 Å². The SMILES string of the molecule is CC(C)OCCCC(=O)NC(C(=O)O)c1ccc2c(c1)CCO2. The van der Waals surface area contributed by atoms with E-state index < -0.39 is 12.0 Å². The van der Waals surface area contributed by atoms with Gasteiger partial charge in [0.1, 0.15) is 5.75 Å². The summed E-state index contributed by atoms with van der Waals surface area (Å²) in [5.74, 6) is -0.577. The van der Waals surface area contributed by atoms with Gasteiger partial charge in [-0.15, -0.1) is 0 Å². The van der Waals surface area contributed by atoms with E-state index in [1.807, 2.05) is 13.8 Å². The van der Waals surface area contributed by atoms with Crippen molar-refractivity contribution in [1.82, 2.24) is 5.32 Å². The molecule has 126 valence electrons. The Kier molecular flexibility index (Phi) is 5.98. The third kappa shape index (κ3) is 4.96. The van der Waals surface area contributed by atoms with Crippen LogP contribution in [0.1, 0.15) is 43.9 Å². The highest BCUT2D eigenvalue weighted by molar-refractivity contribution is 5.84. The molecule has 0 saturated heterocycles. The first-order valence-electron chi connectivity index (χ1n) is 7.86. The maximum Gasteiger partial charge on any atom is 0.330 e. The van der Waals surface area contributed by atoms with Crippen molar-refractivity contribution in [2.45, 2.75) is 45.3 Å². The van der Waals surface area contributed by atoms with Crippen molar-refractivity contribution < 1.29 is 24.2 Å². The molecule has 6 nitrogen and oxygen atoms in total. The summed E-state index contributed by atoms with van der Waals surface area (Å²) in [7, 11) is 0. The van der Waals surface area contributed by atoms with Crippen molar-refractivity contribution in [3.05, 3.63) is 29.3 Å². The normalized spacial score (nSPS) is 14.2. The number of carboxylic acids is 1. The van der Waals surface area contributed by atoms with Gasteiger partial charge >= 0.3 is 5.97 Å². The zero-order chi connectivity index (χ0) is 16.8. The van der Waals surface area contributed by atoms with E-state index in [4.69, 9.17) is 9.47 Å². The third-order valence-electron chi connectivity index (χ3n) is 3.60. The lowest BCUT2D eigenvalue weighted by Gasteiger charge is -2.16. The number of hydrogen-bond donors (Lipinski definition) is 2. The molecule has 23 heavy (non-hydrogen) atoms. The fourth-order valence-corrected chi connectivity index (χ4v) is 2.46. The number of aliphatic carboxylic acids is 1. The minimum atomic E-state index is -1.07. The summed E-state index contributed by atoms with van der Waals surface area (Å²) < 4.78 is 10.8. The Morgan fingerprint density at radius 1 is 1.39 bits per heavy atom. The monoisotopic (exact) mass is 321 g/mol. The molecule has 1 atom stereocenters. The summed E-state index contributed by atoms with van der Waals surface area (Å²) in [5.41, 5.74) is 1.54. The van der Waals surface area contributed by atoms with Gasteiger partial charge < -0.3 is 19.9 Å². The molecule has 1 amide bonds. The van der Waals surface area contributed by atoms with E-state index in [2.05, 4.69) is 5.32 Å². The molecule has 0 saturated carbocycles. The van der Waals surface area contributed by atoms with Crippen LogP contribution in [0.5, 0.6) is 5.75 Å². The fraction of sp³-hybridized carbons (Fsp3) is 0.529. The molecule has 1 aliphatic rings. The molecule has 2 rings (SSSR count). The summed E-state index contributed by atoms with van der Waals surface area (Å²) in [6.45, 7) is 4.95. The van der Waals surface area contributed by atoms with Gasteiger partial charge in [0.2, 0.25) is 5.91 Å². The van der Waals surface area contributed by atoms with Crippen LogP contribution in [-0.2, 0) is 20.7 Å². The fourth-order valence-electron chi connectivity index (χ4n) is 2.46. The number of carbonyl (C=O) groups is 2. The second-order valence-electron chi connectivity index (χ2n) is 5.83. The first kappa shape index (κ1) is 17.3. The number of amides is 1. The molecular weight excluding hydrogens is 298 g/mol. The van der Waals surface area contributed by atoms with Crippen LogP contribution in [0.15, 0.2) is 18.2 Å². The molecule has 1 aromatic carbocycles. The number of fused-ring (bicyclic) bond motifs is 1. The molecule has 0 radical (unpaired) electrons. The van der Waals surface area contributed by atoms with Crippen molar-refractivity contribution in [2.75, 3.05) is 13.2 Å². The highest BCUT2D eigenvalue weighted by Crippen LogP contribution is 2.28. The van der Waals surface area contributed by atoms with Gasteiger partial charge in [0.15, 0.2) is 6.04 Å². The van der Waals surface area contributed by atoms with Crippen molar-refractivity contribution in [1.29, 1.82) is 0 Å². The topological polar surface area (TPSA) is 84.9 Å². The van der Waals surface area contributed by atoms with E-state index in [0.29, 0.717) is 25.2 Å². The average molecular weight is 321 g/mol. The lowest BCUT2D eigenvalue weighted by atomic mass is 10.0. The second-order valence-corrected chi connectivity index (χ2v) is 5.83. The summed E-state index contributed by atoms with van der Waals surface area (Å²) in [6.07, 6.45) is 1.69. The summed E-state index contributed by atoms with van der Waals surface area (Å²) in [4.78, 5) is 23.4. The lowest BCUT2D eigenvalue weighted by molar-refractivity contribution is -0.142. The quantitative estimate of drug-likeness (QED) is 0.716. The van der Waals surface area contributed by atoms with Crippen LogP contribution in [0, 0.1) is 0 Å². The molecular formula is C17H23NO5. The van der Waals surface area contributed by atoms with Gasteiger partial charge in [-0.25, -0.2) is 4.79 Å². The van der Waals surface area contributed by atoms with Crippen LogP contribution in [0.3, 0.4) is 0 Å². The third-order valence-corrected chi connectivity index (χ3v) is 3.60. The predicted molar refractivity (Wildman–Crippen MR) is 84.5 cm³/mol. The zero-order valence-electron chi connectivity index (χ0n) is 13.5. The molecule has 1 unspecified atom stereocenters. The van der Waals surface area contributed by atoms with E-state index in [1.165, 1.54) is 0 Å². The molecule has 1 aromatic rings. The van der Waals surface area contributed by atoms with Crippen LogP contribution in [0.2, 0.25) is 0 Å². The maximum atomic E-state index is 12.0. The van der Waals surface area contributed by atoms with Gasteiger partial charge in [0, 0.05) is 19.4 Å². The smallest absolute Gasteiger partial charge is 0.330 e. The Hall–Kier alpha value is -2.08. The van der Waals surface area contributed by atoms with Crippen LogP contribution < -0.4 is 10.1 Å². The molecule has 2 N–H and O–H groups in total. The number of hydrogen-bond acceptors (Lipinski definition) is 4. The Balaban J connectivity index is 1.93. The van der Waals surface area contributed by atoms with Gasteiger partial charge in [-0.05, 0) is 43.5 Å². The summed E-state index contributed by atoms with van der Waals surface area (Å²) in [5, 5.41) is 12.0. The number of nitrogens with one attached hydrogen (secondary N) is 1. The van der Waals surface area contributed by atoms with E-state index in [0.717, 1.165) is 17.7 Å². The highest BCUT2D eigenvalue weighted by Gasteiger charge is 2.24. The Labute approximate surface area is 135 Å². The number of carboxylic acid groups (broad SMARTS) is 1. The predicted octanol–water partition coefficient (Wildman–Crippen LogP) is 2.07. The van der Waals surface area contributed by atoms with Gasteiger partial charge in [0.25, 0.3) is 0 Å². The molecule has 1 heterocycles. The number of carbonyl (C=O) groups excluding carboxylic acids is 1. The first-order chi connectivity index (χ1) is 11.0. The van der Waals surface area contributed by atoms with Crippen molar-refractivity contribution >= 4 is 11.9 Å². The summed E-state index contributed by atoms with van der Waals surface area (Å²) >= 11 is 0. The molecule has 0 spiro atoms. The molecule has 0 aliphatic carbocycles. The largest absolute Gasteiger partial charge is 0.493 e. The van der Waals surface area contributed by atoms with Crippen molar-refractivity contribution in [3.63, 3.8) is 0 Å². The van der Waals surface area contributed by atoms with E-state index >= 15 is 0 Å². The Bertz CT molecular complexity index is 570. The van der Waals surface area contributed by atoms with Gasteiger partial charge in [-0.3, -0.25) is 4.79 Å². The Morgan fingerprint density at radius 3 is 2.87 bits per heavy atom. The minimum Gasteiger partial charge on any atom is -0.493 e. The first-order valence-corrected chi connectivity index (χ1v) is 7.86. The van der Waals surface area contributed by atoms with Crippen molar-refractivity contribution in [2.24, 2.45) is 0 Å². The van der Waals surface area contributed by atoms with E-state index in [-0.39, 0.29) is 18.4 Å². The lowest BCUT2D eigenvalue weighted by Crippen LogP contribution is -2.33. The number of ether oxygens (including phenoxy) is 2. The van der Waals surface area contributed by atoms with Crippen molar-refractivity contribution in [3.8, 4) is 5.75 Å². The highest BCUT2D eigenvalue weighted by atomic mass is 16.5. The number of benzene rings is 1. The van der Waals surface area contributed by atoms with Gasteiger partial charge in [-0.2, -0.15) is 0 Å². The van der Waals surface area contributed by atoms with Gasteiger partial charge in [0.05, 0.1) is 12.7 Å². The Morgan fingerprint density at radius 2 is 2.17 bits per heavy atom. The molecule has 0 bridgehead atoms. The van der Waals surface area contributed by atoms with Crippen LogP contribution in [-0.4, -0.2) is 36.3 Å². The molecule has 0 fully saturated rings. The zero-order valence-corrected chi connectivity index (χ0v) is 13.5. The number of rotatable bonds is 8. The molecule has 1 aliphatic heterocycles. The van der Waals surface area contributed by atoms with Crippen LogP contribution in [0.4, 0.5) is 0 Å². The van der Waals surface area contributed by atoms with E-state index in [9.17, 15) is 14.7 Å².